The highest BCUT2D eigenvalue weighted by atomic mass is 16.3. The summed E-state index contributed by atoms with van der Waals surface area (Å²) < 4.78 is 17.7. The monoisotopic (exact) mass is 984 g/mol. The van der Waals surface area contributed by atoms with Crippen molar-refractivity contribution in [3.05, 3.63) is 267 Å². The lowest BCUT2D eigenvalue weighted by atomic mass is 9.93. The lowest BCUT2D eigenvalue weighted by Crippen LogP contribution is -2.10. The van der Waals surface area contributed by atoms with Gasteiger partial charge in [-0.2, -0.15) is 0 Å². The maximum absolute atomic E-state index is 6.47. The number of furan rings is 2. The SMILES string of the molecule is c1ccc(-n2c3ccccc3c3cc(-c4cc(-c5ccc6c(c5)c5ccccc5n6-c5ccccc5)cc(-c5ccc(N(c6ccc7c(c6)oc6ccccc67)c6ccc7c(c6)oc6ccccc67)cn5)c4)ccc32)cc1. The number of nitrogens with zero attached hydrogens (tertiary/aromatic N) is 4. The van der Waals surface area contributed by atoms with Gasteiger partial charge in [0.1, 0.15) is 22.3 Å². The molecule has 0 fully saturated rings. The van der Waals surface area contributed by atoms with Gasteiger partial charge in [-0.1, -0.05) is 121 Å². The van der Waals surface area contributed by atoms with Crippen molar-refractivity contribution in [2.75, 3.05) is 4.90 Å². The highest BCUT2D eigenvalue weighted by Crippen LogP contribution is 2.43. The van der Waals surface area contributed by atoms with Crippen molar-refractivity contribution >= 4 is 105 Å². The summed E-state index contributed by atoms with van der Waals surface area (Å²) in [5, 5.41) is 9.16. The number of hydrogen-bond acceptors (Lipinski definition) is 4. The van der Waals surface area contributed by atoms with Gasteiger partial charge >= 0.3 is 0 Å². The van der Waals surface area contributed by atoms with Gasteiger partial charge in [-0.05, 0) is 150 Å². The molecule has 0 saturated heterocycles. The second-order valence-corrected chi connectivity index (χ2v) is 19.9. The summed E-state index contributed by atoms with van der Waals surface area (Å²) in [6, 6.07) is 93.1. The molecular formula is C71H44N4O2. The summed E-state index contributed by atoms with van der Waals surface area (Å²) in [6.45, 7) is 0. The molecule has 0 aliphatic heterocycles. The number of rotatable bonds is 8. The first-order chi connectivity index (χ1) is 38.1. The molecule has 5 heterocycles. The van der Waals surface area contributed by atoms with Crippen LogP contribution >= 0.6 is 0 Å². The van der Waals surface area contributed by atoms with Gasteiger partial charge in [0.05, 0.1) is 39.6 Å². The highest BCUT2D eigenvalue weighted by Gasteiger charge is 2.21. The predicted molar refractivity (Wildman–Crippen MR) is 318 cm³/mol. The summed E-state index contributed by atoms with van der Waals surface area (Å²) >= 11 is 0. The van der Waals surface area contributed by atoms with Crippen molar-refractivity contribution in [3.8, 4) is 44.9 Å². The molecule has 5 aromatic heterocycles. The minimum absolute atomic E-state index is 0.818. The number of anilines is 3. The van der Waals surface area contributed by atoms with Gasteiger partial charge in [0.2, 0.25) is 0 Å². The molecule has 16 rings (SSSR count). The van der Waals surface area contributed by atoms with Crippen LogP contribution in [0.2, 0.25) is 0 Å². The molecule has 0 spiro atoms. The quantitative estimate of drug-likeness (QED) is 0.152. The number of aromatic nitrogens is 3. The van der Waals surface area contributed by atoms with Gasteiger partial charge in [-0.15, -0.1) is 0 Å². The minimum Gasteiger partial charge on any atom is -0.456 e. The molecule has 0 amide bonds. The van der Waals surface area contributed by atoms with Crippen LogP contribution in [-0.2, 0) is 0 Å². The summed E-state index contributed by atoms with van der Waals surface area (Å²) in [7, 11) is 0. The molecule has 0 N–H and O–H groups in total. The smallest absolute Gasteiger partial charge is 0.137 e. The van der Waals surface area contributed by atoms with Crippen LogP contribution in [0.3, 0.4) is 0 Å². The van der Waals surface area contributed by atoms with E-state index in [2.05, 4.69) is 251 Å². The second kappa shape index (κ2) is 17.1. The van der Waals surface area contributed by atoms with Crippen LogP contribution < -0.4 is 4.90 Å². The van der Waals surface area contributed by atoms with Crippen LogP contribution in [0.15, 0.2) is 276 Å². The maximum Gasteiger partial charge on any atom is 0.137 e. The topological polar surface area (TPSA) is 52.3 Å². The van der Waals surface area contributed by atoms with E-state index in [0.717, 1.165) is 106 Å². The molecular weight excluding hydrogens is 941 g/mol. The first kappa shape index (κ1) is 43.0. The normalized spacial score (nSPS) is 11.9. The van der Waals surface area contributed by atoms with Gasteiger partial charge in [0, 0.05) is 83.5 Å². The molecule has 0 saturated carbocycles. The molecule has 6 heteroatoms. The molecule has 77 heavy (non-hydrogen) atoms. The fraction of sp³-hybridized carbons (Fsp3) is 0. The van der Waals surface area contributed by atoms with E-state index in [-0.39, 0.29) is 0 Å². The molecule has 6 nitrogen and oxygen atoms in total. The fourth-order valence-corrected chi connectivity index (χ4v) is 12.0. The van der Waals surface area contributed by atoms with E-state index in [4.69, 9.17) is 13.8 Å². The van der Waals surface area contributed by atoms with Crippen molar-refractivity contribution in [1.82, 2.24) is 14.1 Å². The van der Waals surface area contributed by atoms with E-state index in [1.807, 2.05) is 30.5 Å². The Morgan fingerprint density at radius 2 is 0.688 bits per heavy atom. The maximum atomic E-state index is 6.47. The van der Waals surface area contributed by atoms with Gasteiger partial charge in [0.25, 0.3) is 0 Å². The predicted octanol–water partition coefficient (Wildman–Crippen LogP) is 19.5. The standard InChI is InChI=1S/C71H44N4O2/c1-3-15-50(16-4-1)74-64-23-11-7-19-55(64)61-40-45(27-35-66(61)74)47-37-48(46-28-36-67-62(41-46)56-20-8-12-24-65(56)75(67)51-17-5-2-6-18-51)39-49(38-47)63-34-31-54(44-72-63)73(52-29-32-59-57-21-9-13-25-68(57)76-70(59)42-52)53-30-33-60-58-22-10-14-26-69(58)77-71(60)43-53/h1-44H. The summed E-state index contributed by atoms with van der Waals surface area (Å²) in [5.41, 5.74) is 19.4. The Balaban J connectivity index is 0.867. The molecule has 0 radical (unpaired) electrons. The third-order valence-electron chi connectivity index (χ3n) is 15.5. The van der Waals surface area contributed by atoms with Crippen molar-refractivity contribution in [3.63, 3.8) is 0 Å². The Hall–Kier alpha value is -10.4. The number of pyridine rings is 1. The zero-order valence-electron chi connectivity index (χ0n) is 41.5. The zero-order valence-corrected chi connectivity index (χ0v) is 41.5. The van der Waals surface area contributed by atoms with Crippen molar-refractivity contribution in [2.24, 2.45) is 0 Å². The summed E-state index contributed by atoms with van der Waals surface area (Å²) in [5.74, 6) is 0. The fourth-order valence-electron chi connectivity index (χ4n) is 12.0. The van der Waals surface area contributed by atoms with E-state index < -0.39 is 0 Å². The van der Waals surface area contributed by atoms with E-state index >= 15 is 0 Å². The highest BCUT2D eigenvalue weighted by molar-refractivity contribution is 6.13. The molecule has 0 unspecified atom stereocenters. The van der Waals surface area contributed by atoms with Crippen molar-refractivity contribution in [1.29, 1.82) is 0 Å². The lowest BCUT2D eigenvalue weighted by molar-refractivity contribution is 0.669. The molecule has 0 bridgehead atoms. The Bertz CT molecular complexity index is 4700. The Labute approximate surface area is 442 Å². The van der Waals surface area contributed by atoms with E-state index in [1.54, 1.807) is 0 Å². The number of benzene rings is 11. The second-order valence-electron chi connectivity index (χ2n) is 19.9. The average Bonchev–Trinajstić information content (AvgIpc) is 4.26. The van der Waals surface area contributed by atoms with Gasteiger partial charge in [-0.3, -0.25) is 4.98 Å². The van der Waals surface area contributed by atoms with E-state index in [0.29, 0.717) is 0 Å². The Kier molecular flexibility index (Phi) is 9.53. The van der Waals surface area contributed by atoms with Crippen LogP contribution in [0.4, 0.5) is 17.1 Å². The summed E-state index contributed by atoms with van der Waals surface area (Å²) in [6.07, 6.45) is 1.99. The number of fused-ring (bicyclic) bond motifs is 12. The summed E-state index contributed by atoms with van der Waals surface area (Å²) in [4.78, 5) is 7.58. The molecule has 16 aromatic rings. The Morgan fingerprint density at radius 1 is 0.273 bits per heavy atom. The first-order valence-electron chi connectivity index (χ1n) is 26.1. The number of hydrogen-bond donors (Lipinski definition) is 0. The van der Waals surface area contributed by atoms with Crippen LogP contribution in [0, 0.1) is 0 Å². The van der Waals surface area contributed by atoms with E-state index in [9.17, 15) is 0 Å². The van der Waals surface area contributed by atoms with Crippen LogP contribution in [0.1, 0.15) is 0 Å². The zero-order chi connectivity index (χ0) is 50.6. The van der Waals surface area contributed by atoms with Crippen molar-refractivity contribution in [2.45, 2.75) is 0 Å². The Morgan fingerprint density at radius 3 is 1.18 bits per heavy atom. The largest absolute Gasteiger partial charge is 0.456 e. The van der Waals surface area contributed by atoms with E-state index in [1.165, 1.54) is 43.6 Å². The number of para-hydroxylation sites is 6. The molecule has 0 atom stereocenters. The third kappa shape index (κ3) is 6.93. The minimum atomic E-state index is 0.818. The lowest BCUT2D eigenvalue weighted by Gasteiger charge is -2.25. The van der Waals surface area contributed by atoms with Crippen LogP contribution in [0.25, 0.3) is 132 Å². The third-order valence-corrected chi connectivity index (χ3v) is 15.5. The van der Waals surface area contributed by atoms with Crippen LogP contribution in [-0.4, -0.2) is 14.1 Å². The average molecular weight is 985 g/mol. The van der Waals surface area contributed by atoms with Gasteiger partial charge in [0.15, 0.2) is 0 Å². The molecule has 0 aliphatic carbocycles. The molecule has 11 aromatic carbocycles. The van der Waals surface area contributed by atoms with Gasteiger partial charge in [-0.25, -0.2) is 0 Å². The molecule has 360 valence electrons. The van der Waals surface area contributed by atoms with Crippen LogP contribution in [0.5, 0.6) is 0 Å². The van der Waals surface area contributed by atoms with Crippen molar-refractivity contribution < 1.29 is 8.83 Å². The van der Waals surface area contributed by atoms with Gasteiger partial charge < -0.3 is 22.9 Å². The molecule has 0 aliphatic rings. The first-order valence-corrected chi connectivity index (χ1v) is 26.1.